The van der Waals surface area contributed by atoms with Crippen LogP contribution in [0.3, 0.4) is 0 Å². The quantitative estimate of drug-likeness (QED) is 0.734. The molecule has 0 radical (unpaired) electrons. The van der Waals surface area contributed by atoms with E-state index in [9.17, 15) is 18.0 Å². The molecule has 106 valence electrons. The van der Waals surface area contributed by atoms with Gasteiger partial charge in [-0.25, -0.2) is 0 Å². The van der Waals surface area contributed by atoms with Gasteiger partial charge in [0.2, 0.25) is 0 Å². The molecule has 0 unspecified atom stereocenters. The Kier molecular flexibility index (Phi) is 5.44. The predicted molar refractivity (Wildman–Crippen MR) is 64.1 cm³/mol. The van der Waals surface area contributed by atoms with Gasteiger partial charge < -0.3 is 5.11 Å². The average Bonchev–Trinajstić information content (AvgIpc) is 2.14. The Hall–Kier alpha value is -1.00. The zero-order valence-electron chi connectivity index (χ0n) is 11.2. The first-order chi connectivity index (χ1) is 7.93. The van der Waals surface area contributed by atoms with E-state index in [1.807, 2.05) is 0 Å². The molecule has 0 spiro atoms. The highest BCUT2D eigenvalue weighted by molar-refractivity contribution is 5.70. The van der Waals surface area contributed by atoms with Crippen molar-refractivity contribution in [1.82, 2.24) is 0 Å². The van der Waals surface area contributed by atoms with Gasteiger partial charge in [0.25, 0.3) is 0 Å². The number of hydrogen-bond acceptors (Lipinski definition) is 1. The van der Waals surface area contributed by atoms with Crippen LogP contribution in [0.15, 0.2) is 12.7 Å². The van der Waals surface area contributed by atoms with E-state index < -0.39 is 35.8 Å². The molecular formula is C13H21F3O2. The van der Waals surface area contributed by atoms with Crippen LogP contribution in [-0.2, 0) is 4.79 Å². The number of halogens is 3. The zero-order valence-corrected chi connectivity index (χ0v) is 11.2. The number of rotatable bonds is 6. The summed E-state index contributed by atoms with van der Waals surface area (Å²) in [5.74, 6) is -4.23. The second kappa shape index (κ2) is 5.76. The normalized spacial score (nSPS) is 16.4. The van der Waals surface area contributed by atoms with E-state index in [1.54, 1.807) is 13.8 Å². The number of carboxylic acid groups (broad SMARTS) is 1. The summed E-state index contributed by atoms with van der Waals surface area (Å²) in [6, 6.07) is 0. The summed E-state index contributed by atoms with van der Waals surface area (Å²) >= 11 is 0. The van der Waals surface area contributed by atoms with Crippen molar-refractivity contribution >= 4 is 5.97 Å². The largest absolute Gasteiger partial charge is 0.481 e. The van der Waals surface area contributed by atoms with Crippen molar-refractivity contribution in [2.45, 2.75) is 40.3 Å². The van der Waals surface area contributed by atoms with E-state index >= 15 is 0 Å². The van der Waals surface area contributed by atoms with Crippen LogP contribution in [0.5, 0.6) is 0 Å². The number of carboxylic acids is 1. The molecule has 0 saturated heterocycles. The summed E-state index contributed by atoms with van der Waals surface area (Å²) in [7, 11) is 0. The summed E-state index contributed by atoms with van der Waals surface area (Å²) in [5, 5.41) is 9.00. The molecule has 0 aliphatic heterocycles. The van der Waals surface area contributed by atoms with Gasteiger partial charge in [-0.3, -0.25) is 4.79 Å². The topological polar surface area (TPSA) is 37.3 Å². The molecule has 0 bridgehead atoms. The Balaban J connectivity index is 5.25. The van der Waals surface area contributed by atoms with Crippen LogP contribution in [0.2, 0.25) is 0 Å². The van der Waals surface area contributed by atoms with Gasteiger partial charge >= 0.3 is 12.1 Å². The highest BCUT2D eigenvalue weighted by atomic mass is 19.4. The molecule has 2 atom stereocenters. The zero-order chi connectivity index (χ0) is 14.7. The molecule has 0 saturated carbocycles. The molecule has 0 amide bonds. The van der Waals surface area contributed by atoms with E-state index in [2.05, 4.69) is 6.58 Å². The van der Waals surface area contributed by atoms with Crippen molar-refractivity contribution in [3.63, 3.8) is 0 Å². The van der Waals surface area contributed by atoms with Gasteiger partial charge in [0.05, 0.1) is 11.8 Å². The van der Waals surface area contributed by atoms with E-state index in [0.717, 1.165) is 0 Å². The fourth-order valence-electron chi connectivity index (χ4n) is 1.91. The lowest BCUT2D eigenvalue weighted by Gasteiger charge is -2.35. The minimum atomic E-state index is -4.43. The Morgan fingerprint density at radius 3 is 2.00 bits per heavy atom. The molecule has 0 aromatic heterocycles. The highest BCUT2D eigenvalue weighted by Crippen LogP contribution is 2.45. The van der Waals surface area contributed by atoms with Gasteiger partial charge in [0, 0.05) is 0 Å². The first kappa shape index (κ1) is 17.0. The summed E-state index contributed by atoms with van der Waals surface area (Å²) < 4.78 is 39.1. The standard InChI is InChI=1S/C13H21F3O2/c1-6-12(4,5)10(13(14,15)16)7-9(8(2)3)11(17)18/h6,8-10H,1,7H2,2-5H3,(H,17,18)/t9-,10+/m0/s1. The van der Waals surface area contributed by atoms with Crippen molar-refractivity contribution in [3.05, 3.63) is 12.7 Å². The van der Waals surface area contributed by atoms with Crippen LogP contribution < -0.4 is 0 Å². The van der Waals surface area contributed by atoms with Gasteiger partial charge in [0.15, 0.2) is 0 Å². The second-order valence-electron chi connectivity index (χ2n) is 5.54. The monoisotopic (exact) mass is 266 g/mol. The van der Waals surface area contributed by atoms with Crippen LogP contribution in [-0.4, -0.2) is 17.3 Å². The maximum atomic E-state index is 13.0. The van der Waals surface area contributed by atoms with E-state index in [4.69, 9.17) is 5.11 Å². The van der Waals surface area contributed by atoms with Crippen LogP contribution in [0.1, 0.15) is 34.1 Å². The molecule has 0 aliphatic rings. The third-order valence-corrected chi connectivity index (χ3v) is 3.43. The molecule has 2 nitrogen and oxygen atoms in total. The Labute approximate surface area is 106 Å². The first-order valence-electron chi connectivity index (χ1n) is 5.86. The number of hydrogen-bond donors (Lipinski definition) is 1. The van der Waals surface area contributed by atoms with E-state index in [0.29, 0.717) is 0 Å². The van der Waals surface area contributed by atoms with Crippen LogP contribution >= 0.6 is 0 Å². The molecular weight excluding hydrogens is 245 g/mol. The first-order valence-corrected chi connectivity index (χ1v) is 5.86. The number of alkyl halides is 3. The number of carbonyl (C=O) groups is 1. The summed E-state index contributed by atoms with van der Waals surface area (Å²) in [5.41, 5.74) is -1.18. The van der Waals surface area contributed by atoms with Crippen molar-refractivity contribution < 1.29 is 23.1 Å². The van der Waals surface area contributed by atoms with Gasteiger partial charge in [-0.1, -0.05) is 33.8 Å². The molecule has 0 aliphatic carbocycles. The van der Waals surface area contributed by atoms with Crippen LogP contribution in [0, 0.1) is 23.2 Å². The molecule has 0 fully saturated rings. The molecule has 0 aromatic carbocycles. The molecule has 18 heavy (non-hydrogen) atoms. The average molecular weight is 266 g/mol. The molecule has 5 heteroatoms. The Bertz CT molecular complexity index is 306. The summed E-state index contributed by atoms with van der Waals surface area (Å²) in [6.45, 7) is 9.51. The van der Waals surface area contributed by atoms with Crippen molar-refractivity contribution in [3.8, 4) is 0 Å². The lowest BCUT2D eigenvalue weighted by atomic mass is 9.72. The second-order valence-corrected chi connectivity index (χ2v) is 5.54. The SMILES string of the molecule is C=CC(C)(C)[C@@H](C[C@H](C(=O)O)C(C)C)C(F)(F)F. The fraction of sp³-hybridized carbons (Fsp3) is 0.769. The molecule has 0 heterocycles. The maximum Gasteiger partial charge on any atom is 0.392 e. The number of allylic oxidation sites excluding steroid dienone is 1. The fourth-order valence-corrected chi connectivity index (χ4v) is 1.91. The van der Waals surface area contributed by atoms with Gasteiger partial charge in [-0.05, 0) is 17.8 Å². The predicted octanol–water partition coefficient (Wildman–Crippen LogP) is 4.12. The van der Waals surface area contributed by atoms with Crippen LogP contribution in [0.4, 0.5) is 13.2 Å². The maximum absolute atomic E-state index is 13.0. The smallest absolute Gasteiger partial charge is 0.392 e. The molecule has 1 N–H and O–H groups in total. The van der Waals surface area contributed by atoms with E-state index in [-0.39, 0.29) is 5.92 Å². The Morgan fingerprint density at radius 1 is 1.33 bits per heavy atom. The summed E-state index contributed by atoms with van der Waals surface area (Å²) in [4.78, 5) is 11.0. The van der Waals surface area contributed by atoms with Gasteiger partial charge in [0.1, 0.15) is 0 Å². The Morgan fingerprint density at radius 2 is 1.78 bits per heavy atom. The van der Waals surface area contributed by atoms with Gasteiger partial charge in [-0.15, -0.1) is 6.58 Å². The van der Waals surface area contributed by atoms with E-state index in [1.165, 1.54) is 19.9 Å². The third kappa shape index (κ3) is 4.35. The molecule has 0 aromatic rings. The van der Waals surface area contributed by atoms with Crippen molar-refractivity contribution in [2.75, 3.05) is 0 Å². The minimum absolute atomic E-state index is 0.340. The minimum Gasteiger partial charge on any atom is -0.481 e. The van der Waals surface area contributed by atoms with Gasteiger partial charge in [-0.2, -0.15) is 13.2 Å². The third-order valence-electron chi connectivity index (χ3n) is 3.43. The van der Waals surface area contributed by atoms with Crippen molar-refractivity contribution in [2.24, 2.45) is 23.2 Å². The summed E-state index contributed by atoms with van der Waals surface area (Å²) in [6.07, 6.45) is -3.61. The highest BCUT2D eigenvalue weighted by Gasteiger charge is 2.49. The lowest BCUT2D eigenvalue weighted by Crippen LogP contribution is -2.39. The van der Waals surface area contributed by atoms with Crippen molar-refractivity contribution in [1.29, 1.82) is 0 Å². The lowest BCUT2D eigenvalue weighted by molar-refractivity contribution is -0.203. The number of aliphatic carboxylic acids is 1. The molecule has 0 rings (SSSR count). The van der Waals surface area contributed by atoms with Crippen LogP contribution in [0.25, 0.3) is 0 Å².